The molecule has 1 N–H and O–H groups in total. The molecule has 108 valence electrons. The zero-order valence-electron chi connectivity index (χ0n) is 11.0. The predicted octanol–water partition coefficient (Wildman–Crippen LogP) is 0.443. The minimum absolute atomic E-state index is 0. The number of nitrogens with one attached hydrogen (secondary N) is 1. The van der Waals surface area contributed by atoms with Crippen LogP contribution >= 0.6 is 12.4 Å². The molecule has 0 radical (unpaired) electrons. The monoisotopic (exact) mass is 298 g/mol. The van der Waals surface area contributed by atoms with Gasteiger partial charge < -0.3 is 10.2 Å². The maximum atomic E-state index is 12.0. The van der Waals surface area contributed by atoms with Crippen molar-refractivity contribution in [3.05, 3.63) is 0 Å². The summed E-state index contributed by atoms with van der Waals surface area (Å²) in [6.45, 7) is 4.45. The van der Waals surface area contributed by atoms with Crippen LogP contribution in [-0.4, -0.2) is 56.9 Å². The van der Waals surface area contributed by atoms with Crippen molar-refractivity contribution in [2.24, 2.45) is 0 Å². The molecule has 1 rings (SSSR count). The van der Waals surface area contributed by atoms with Gasteiger partial charge in [0, 0.05) is 18.8 Å². The van der Waals surface area contributed by atoms with Crippen LogP contribution in [0.5, 0.6) is 0 Å². The van der Waals surface area contributed by atoms with Gasteiger partial charge in [-0.2, -0.15) is 0 Å². The molecule has 1 heterocycles. The van der Waals surface area contributed by atoms with Gasteiger partial charge in [0.15, 0.2) is 9.84 Å². The molecule has 1 aliphatic heterocycles. The van der Waals surface area contributed by atoms with Gasteiger partial charge in [-0.15, -0.1) is 12.4 Å². The first-order valence-electron chi connectivity index (χ1n) is 6.12. The first-order valence-corrected chi connectivity index (χ1v) is 8.18. The zero-order chi connectivity index (χ0) is 12.9. The molecule has 0 spiro atoms. The lowest BCUT2D eigenvalue weighted by Crippen LogP contribution is -2.48. The predicted molar refractivity (Wildman–Crippen MR) is 74.9 cm³/mol. The molecule has 7 heteroatoms. The van der Waals surface area contributed by atoms with Gasteiger partial charge in [-0.05, 0) is 32.4 Å². The number of carbonyl (C=O) groups excluding carboxylic acids is 1. The van der Waals surface area contributed by atoms with Crippen molar-refractivity contribution in [1.82, 2.24) is 10.2 Å². The van der Waals surface area contributed by atoms with Crippen LogP contribution in [0.2, 0.25) is 0 Å². The summed E-state index contributed by atoms with van der Waals surface area (Å²) in [4.78, 5) is 13.7. The Kier molecular flexibility index (Phi) is 7.82. The molecule has 0 bridgehead atoms. The fraction of sp³-hybridized carbons (Fsp3) is 0.909. The highest BCUT2D eigenvalue weighted by Gasteiger charge is 2.26. The fourth-order valence-electron chi connectivity index (χ4n) is 2.18. The third kappa shape index (κ3) is 6.02. The molecule has 0 atom stereocenters. The normalized spacial score (nSPS) is 17.0. The van der Waals surface area contributed by atoms with E-state index < -0.39 is 9.84 Å². The number of piperidine rings is 1. The van der Waals surface area contributed by atoms with Crippen molar-refractivity contribution in [2.45, 2.75) is 32.2 Å². The quantitative estimate of drug-likeness (QED) is 0.800. The molecule has 1 amide bonds. The molecular formula is C11H23ClN2O3S. The molecule has 1 saturated heterocycles. The summed E-state index contributed by atoms with van der Waals surface area (Å²) >= 11 is 0. The largest absolute Gasteiger partial charge is 0.339 e. The van der Waals surface area contributed by atoms with Gasteiger partial charge in [0.1, 0.15) is 5.75 Å². The lowest BCUT2D eigenvalue weighted by atomic mass is 10.0. The van der Waals surface area contributed by atoms with Crippen LogP contribution in [0.4, 0.5) is 0 Å². The van der Waals surface area contributed by atoms with Crippen LogP contribution in [0.25, 0.3) is 0 Å². The number of halogens is 1. The number of amides is 1. The van der Waals surface area contributed by atoms with E-state index in [1.807, 2.05) is 6.92 Å². The van der Waals surface area contributed by atoms with E-state index in [9.17, 15) is 13.2 Å². The van der Waals surface area contributed by atoms with E-state index >= 15 is 0 Å². The Morgan fingerprint density at radius 1 is 1.33 bits per heavy atom. The van der Waals surface area contributed by atoms with Crippen LogP contribution in [0.3, 0.4) is 0 Å². The van der Waals surface area contributed by atoms with Crippen molar-refractivity contribution < 1.29 is 13.2 Å². The Labute approximate surface area is 116 Å². The Morgan fingerprint density at radius 3 is 2.33 bits per heavy atom. The van der Waals surface area contributed by atoms with Crippen molar-refractivity contribution >= 4 is 28.2 Å². The summed E-state index contributed by atoms with van der Waals surface area (Å²) in [7, 11) is -3.23. The van der Waals surface area contributed by atoms with E-state index in [1.54, 1.807) is 4.90 Å². The van der Waals surface area contributed by atoms with Crippen LogP contribution in [0.1, 0.15) is 26.2 Å². The number of rotatable bonds is 5. The molecule has 5 nitrogen and oxygen atoms in total. The van der Waals surface area contributed by atoms with Crippen molar-refractivity contribution in [2.75, 3.05) is 31.6 Å². The van der Waals surface area contributed by atoms with Crippen molar-refractivity contribution in [1.29, 1.82) is 0 Å². The summed E-state index contributed by atoms with van der Waals surface area (Å²) in [6, 6.07) is 0.199. The molecule has 0 unspecified atom stereocenters. The average molecular weight is 299 g/mol. The Bertz CT molecular complexity index is 353. The first-order chi connectivity index (χ1) is 7.94. The molecule has 0 aromatic heterocycles. The van der Waals surface area contributed by atoms with Gasteiger partial charge in [0.2, 0.25) is 5.91 Å². The molecule has 1 aliphatic rings. The second-order valence-electron chi connectivity index (χ2n) is 4.64. The van der Waals surface area contributed by atoms with Crippen LogP contribution in [0.15, 0.2) is 0 Å². The molecular weight excluding hydrogens is 276 g/mol. The van der Waals surface area contributed by atoms with Gasteiger partial charge in [-0.1, -0.05) is 6.92 Å². The maximum Gasteiger partial charge on any atom is 0.238 e. The van der Waals surface area contributed by atoms with Gasteiger partial charge in [0.05, 0.1) is 0 Å². The summed E-state index contributed by atoms with van der Waals surface area (Å²) in [6.07, 6.45) is 3.79. The lowest BCUT2D eigenvalue weighted by molar-refractivity contribution is -0.131. The first kappa shape index (κ1) is 17.7. The molecule has 1 fully saturated rings. The van der Waals surface area contributed by atoms with E-state index in [-0.39, 0.29) is 30.1 Å². The highest BCUT2D eigenvalue weighted by atomic mass is 35.5. The maximum absolute atomic E-state index is 12.0. The summed E-state index contributed by atoms with van der Waals surface area (Å²) < 4.78 is 22.3. The number of hydrogen-bond acceptors (Lipinski definition) is 4. The van der Waals surface area contributed by atoms with E-state index in [2.05, 4.69) is 5.32 Å². The Hall–Kier alpha value is -0.330. The summed E-state index contributed by atoms with van der Waals surface area (Å²) in [5, 5.41) is 3.24. The van der Waals surface area contributed by atoms with Crippen LogP contribution in [0, 0.1) is 0 Å². The number of hydrogen-bond donors (Lipinski definition) is 1. The van der Waals surface area contributed by atoms with Crippen molar-refractivity contribution in [3.8, 4) is 0 Å². The van der Waals surface area contributed by atoms with Gasteiger partial charge in [0.25, 0.3) is 0 Å². The van der Waals surface area contributed by atoms with Crippen LogP contribution < -0.4 is 5.32 Å². The minimum atomic E-state index is -3.23. The summed E-state index contributed by atoms with van der Waals surface area (Å²) in [5.74, 6) is -0.613. The third-order valence-electron chi connectivity index (χ3n) is 2.92. The SMILES string of the molecule is CCCN(C(=O)CS(C)(=O)=O)C1CCNCC1.Cl. The molecule has 0 aliphatic carbocycles. The number of sulfone groups is 1. The molecule has 0 aromatic carbocycles. The molecule has 0 saturated carbocycles. The van der Waals surface area contributed by atoms with Gasteiger partial charge in [-0.3, -0.25) is 4.79 Å². The fourth-order valence-corrected chi connectivity index (χ4v) is 2.79. The highest BCUT2D eigenvalue weighted by Crippen LogP contribution is 2.13. The van der Waals surface area contributed by atoms with E-state index in [0.717, 1.165) is 38.6 Å². The van der Waals surface area contributed by atoms with E-state index in [1.165, 1.54) is 0 Å². The van der Waals surface area contributed by atoms with E-state index in [4.69, 9.17) is 0 Å². The van der Waals surface area contributed by atoms with Gasteiger partial charge in [-0.25, -0.2) is 8.42 Å². The number of carbonyl (C=O) groups is 1. The van der Waals surface area contributed by atoms with Crippen LogP contribution in [-0.2, 0) is 14.6 Å². The van der Waals surface area contributed by atoms with E-state index in [0.29, 0.717) is 6.54 Å². The molecule has 0 aromatic rings. The smallest absolute Gasteiger partial charge is 0.238 e. The molecule has 18 heavy (non-hydrogen) atoms. The minimum Gasteiger partial charge on any atom is -0.339 e. The van der Waals surface area contributed by atoms with Gasteiger partial charge >= 0.3 is 0 Å². The Morgan fingerprint density at radius 2 is 1.89 bits per heavy atom. The zero-order valence-corrected chi connectivity index (χ0v) is 12.6. The summed E-state index contributed by atoms with van der Waals surface area (Å²) in [5.41, 5.74) is 0. The lowest BCUT2D eigenvalue weighted by Gasteiger charge is -2.34. The third-order valence-corrected chi connectivity index (χ3v) is 3.69. The second-order valence-corrected chi connectivity index (χ2v) is 6.78. The topological polar surface area (TPSA) is 66.5 Å². The average Bonchev–Trinajstić information content (AvgIpc) is 2.24. The Balaban J connectivity index is 0.00000289. The van der Waals surface area contributed by atoms with Crippen molar-refractivity contribution in [3.63, 3.8) is 0 Å². The standard InChI is InChI=1S/C11H22N2O3S.ClH/c1-3-8-13(10-4-6-12-7-5-10)11(14)9-17(2,15)16;/h10,12H,3-9H2,1-2H3;1H. The highest BCUT2D eigenvalue weighted by molar-refractivity contribution is 7.91. The number of nitrogens with zero attached hydrogens (tertiary/aromatic N) is 1. The second kappa shape index (κ2) is 7.96.